The molecule has 23 heavy (non-hydrogen) atoms. The minimum absolute atomic E-state index is 0.0289. The summed E-state index contributed by atoms with van der Waals surface area (Å²) in [4.78, 5) is 23.9. The molecule has 0 heterocycles. The van der Waals surface area contributed by atoms with Crippen LogP contribution in [0.5, 0.6) is 0 Å². The zero-order chi connectivity index (χ0) is 17.6. The third kappa shape index (κ3) is 6.27. The summed E-state index contributed by atoms with van der Waals surface area (Å²) in [6.45, 7) is 5.40. The first-order chi connectivity index (χ1) is 10.6. The highest BCUT2D eigenvalue weighted by atomic mass is 32.2. The van der Waals surface area contributed by atoms with Crippen molar-refractivity contribution < 1.29 is 18.0 Å². The normalized spacial score (nSPS) is 13.7. The zero-order valence-corrected chi connectivity index (χ0v) is 14.5. The van der Waals surface area contributed by atoms with Crippen LogP contribution in [0.1, 0.15) is 27.2 Å². The number of hydrogen-bond acceptors (Lipinski definition) is 4. The Bertz CT molecular complexity index is 673. The molecule has 128 valence electrons. The summed E-state index contributed by atoms with van der Waals surface area (Å²) < 4.78 is 23.0. The fourth-order valence-corrected chi connectivity index (χ4v) is 2.37. The molecule has 2 unspecified atom stereocenters. The van der Waals surface area contributed by atoms with Gasteiger partial charge in [-0.3, -0.25) is 4.79 Å². The van der Waals surface area contributed by atoms with E-state index in [4.69, 9.17) is 0 Å². The summed E-state index contributed by atoms with van der Waals surface area (Å²) in [5.74, 6) is -0.278. The van der Waals surface area contributed by atoms with Gasteiger partial charge < -0.3 is 16.0 Å². The Morgan fingerprint density at radius 2 is 1.83 bits per heavy atom. The summed E-state index contributed by atoms with van der Waals surface area (Å²) in [6.07, 6.45) is 1.89. The molecule has 8 heteroatoms. The average Bonchev–Trinajstić information content (AvgIpc) is 2.46. The highest BCUT2D eigenvalue weighted by Gasteiger charge is 2.17. The van der Waals surface area contributed by atoms with E-state index in [0.29, 0.717) is 5.69 Å². The SMILES string of the molecule is CCC(C)NC(=O)C(C)NC(=O)Nc1cccc(S(C)(=O)=O)c1. The van der Waals surface area contributed by atoms with Crippen molar-refractivity contribution in [3.63, 3.8) is 0 Å². The second kappa shape index (κ2) is 7.96. The molecule has 2 atom stereocenters. The van der Waals surface area contributed by atoms with Gasteiger partial charge in [0.25, 0.3) is 0 Å². The molecule has 0 saturated heterocycles. The van der Waals surface area contributed by atoms with Gasteiger partial charge in [-0.1, -0.05) is 13.0 Å². The van der Waals surface area contributed by atoms with Crippen LogP contribution in [-0.2, 0) is 14.6 Å². The summed E-state index contributed by atoms with van der Waals surface area (Å²) in [7, 11) is -3.35. The Kier molecular flexibility index (Phi) is 6.56. The van der Waals surface area contributed by atoms with Crippen molar-refractivity contribution in [2.45, 2.75) is 44.2 Å². The first kappa shape index (κ1) is 19.0. The number of anilines is 1. The molecule has 3 amide bonds. The third-order valence-corrected chi connectivity index (χ3v) is 4.37. The van der Waals surface area contributed by atoms with Crippen LogP contribution in [0.3, 0.4) is 0 Å². The molecule has 3 N–H and O–H groups in total. The lowest BCUT2D eigenvalue weighted by Crippen LogP contribution is -2.48. The highest BCUT2D eigenvalue weighted by Crippen LogP contribution is 2.15. The van der Waals surface area contributed by atoms with Crippen LogP contribution in [0.2, 0.25) is 0 Å². The predicted molar refractivity (Wildman–Crippen MR) is 89.1 cm³/mol. The maximum absolute atomic E-state index is 11.9. The van der Waals surface area contributed by atoms with E-state index >= 15 is 0 Å². The average molecular weight is 341 g/mol. The first-order valence-electron chi connectivity index (χ1n) is 7.31. The molecule has 1 rings (SSSR count). The molecule has 0 saturated carbocycles. The maximum atomic E-state index is 11.9. The number of hydrogen-bond donors (Lipinski definition) is 3. The van der Waals surface area contributed by atoms with Gasteiger partial charge in [-0.2, -0.15) is 0 Å². The minimum atomic E-state index is -3.35. The van der Waals surface area contributed by atoms with Gasteiger partial charge in [0.05, 0.1) is 4.90 Å². The van der Waals surface area contributed by atoms with Crippen LogP contribution in [0.4, 0.5) is 10.5 Å². The van der Waals surface area contributed by atoms with Crippen molar-refractivity contribution in [1.82, 2.24) is 10.6 Å². The Labute approximate surface area is 136 Å². The Balaban J connectivity index is 2.65. The quantitative estimate of drug-likeness (QED) is 0.729. The molecule has 0 aromatic heterocycles. The summed E-state index contributed by atoms with van der Waals surface area (Å²) in [5, 5.41) is 7.78. The van der Waals surface area contributed by atoms with E-state index in [0.717, 1.165) is 12.7 Å². The predicted octanol–water partition coefficient (Wildman–Crippen LogP) is 1.51. The van der Waals surface area contributed by atoms with Gasteiger partial charge in [0.2, 0.25) is 5.91 Å². The highest BCUT2D eigenvalue weighted by molar-refractivity contribution is 7.90. The van der Waals surface area contributed by atoms with Crippen molar-refractivity contribution in [1.29, 1.82) is 0 Å². The zero-order valence-electron chi connectivity index (χ0n) is 13.7. The third-order valence-electron chi connectivity index (χ3n) is 3.26. The number of nitrogens with one attached hydrogen (secondary N) is 3. The van der Waals surface area contributed by atoms with Crippen LogP contribution in [0, 0.1) is 0 Å². The van der Waals surface area contributed by atoms with Crippen LogP contribution >= 0.6 is 0 Å². The van der Waals surface area contributed by atoms with Crippen LogP contribution in [0.15, 0.2) is 29.2 Å². The lowest BCUT2D eigenvalue weighted by Gasteiger charge is -2.17. The van der Waals surface area contributed by atoms with Gasteiger partial charge in [-0.15, -0.1) is 0 Å². The van der Waals surface area contributed by atoms with Gasteiger partial charge in [0.1, 0.15) is 6.04 Å². The molecule has 1 aromatic rings. The molecule has 0 aliphatic carbocycles. The number of sulfone groups is 1. The van der Waals surface area contributed by atoms with E-state index in [2.05, 4.69) is 16.0 Å². The van der Waals surface area contributed by atoms with Crippen molar-refractivity contribution in [2.24, 2.45) is 0 Å². The number of benzene rings is 1. The van der Waals surface area contributed by atoms with Crippen molar-refractivity contribution in [3.05, 3.63) is 24.3 Å². The van der Waals surface area contributed by atoms with Crippen LogP contribution in [0.25, 0.3) is 0 Å². The molecule has 0 bridgehead atoms. The van der Waals surface area contributed by atoms with Crippen LogP contribution < -0.4 is 16.0 Å². The maximum Gasteiger partial charge on any atom is 0.319 e. The molecule has 1 aromatic carbocycles. The second-order valence-electron chi connectivity index (χ2n) is 5.44. The monoisotopic (exact) mass is 341 g/mol. The van der Waals surface area contributed by atoms with Gasteiger partial charge in [-0.05, 0) is 38.5 Å². The second-order valence-corrected chi connectivity index (χ2v) is 7.45. The van der Waals surface area contributed by atoms with E-state index in [1.807, 2.05) is 13.8 Å². The fourth-order valence-electron chi connectivity index (χ4n) is 1.70. The topological polar surface area (TPSA) is 104 Å². The smallest absolute Gasteiger partial charge is 0.319 e. The molecule has 0 spiro atoms. The molecular formula is C15H23N3O4S. The van der Waals surface area contributed by atoms with E-state index in [9.17, 15) is 18.0 Å². The number of urea groups is 1. The Morgan fingerprint density at radius 1 is 1.17 bits per heavy atom. The Hall–Kier alpha value is -2.09. The van der Waals surface area contributed by atoms with Gasteiger partial charge >= 0.3 is 6.03 Å². The molecule has 0 aliphatic rings. The van der Waals surface area contributed by atoms with Crippen LogP contribution in [-0.4, -0.2) is 38.7 Å². The Morgan fingerprint density at radius 3 is 2.39 bits per heavy atom. The lowest BCUT2D eigenvalue weighted by atomic mass is 10.2. The summed E-state index contributed by atoms with van der Waals surface area (Å²) in [5.41, 5.74) is 0.333. The van der Waals surface area contributed by atoms with E-state index in [-0.39, 0.29) is 16.8 Å². The fraction of sp³-hybridized carbons (Fsp3) is 0.467. The summed E-state index contributed by atoms with van der Waals surface area (Å²) >= 11 is 0. The minimum Gasteiger partial charge on any atom is -0.352 e. The number of carbonyl (C=O) groups is 2. The van der Waals surface area contributed by atoms with Gasteiger partial charge in [0, 0.05) is 18.0 Å². The van der Waals surface area contributed by atoms with Crippen molar-refractivity contribution >= 4 is 27.5 Å². The van der Waals surface area contributed by atoms with Crippen molar-refractivity contribution in [2.75, 3.05) is 11.6 Å². The number of rotatable bonds is 6. The molecular weight excluding hydrogens is 318 g/mol. The van der Waals surface area contributed by atoms with Gasteiger partial charge in [0.15, 0.2) is 9.84 Å². The van der Waals surface area contributed by atoms with E-state index < -0.39 is 21.9 Å². The molecule has 0 radical (unpaired) electrons. The van der Waals surface area contributed by atoms with E-state index in [1.165, 1.54) is 18.2 Å². The number of carbonyl (C=O) groups excluding carboxylic acids is 2. The standard InChI is InChI=1S/C15H23N3O4S/c1-5-10(2)16-14(19)11(3)17-15(20)18-12-7-6-8-13(9-12)23(4,21)22/h6-11H,5H2,1-4H3,(H,16,19)(H2,17,18,20). The lowest BCUT2D eigenvalue weighted by molar-refractivity contribution is -0.123. The van der Waals surface area contributed by atoms with E-state index in [1.54, 1.807) is 13.0 Å². The molecule has 0 aliphatic heterocycles. The van der Waals surface area contributed by atoms with Crippen molar-refractivity contribution in [3.8, 4) is 0 Å². The summed E-state index contributed by atoms with van der Waals surface area (Å²) in [6, 6.07) is 4.65. The first-order valence-corrected chi connectivity index (χ1v) is 9.20. The molecule has 0 fully saturated rings. The van der Waals surface area contributed by atoms with Gasteiger partial charge in [-0.25, -0.2) is 13.2 Å². The largest absolute Gasteiger partial charge is 0.352 e. The number of amides is 3. The molecule has 7 nitrogen and oxygen atoms in total.